The van der Waals surface area contributed by atoms with E-state index in [9.17, 15) is 9.59 Å². The van der Waals surface area contributed by atoms with E-state index in [1.165, 1.54) is 6.42 Å². The van der Waals surface area contributed by atoms with Crippen LogP contribution < -0.4 is 0 Å². The number of carboxylic acids is 1. The summed E-state index contributed by atoms with van der Waals surface area (Å²) in [4.78, 5) is 25.8. The molecule has 0 radical (unpaired) electrons. The Labute approximate surface area is 121 Å². The van der Waals surface area contributed by atoms with Crippen LogP contribution in [0.3, 0.4) is 0 Å². The number of hydrogen-bond donors (Lipinski definition) is 1. The monoisotopic (exact) mass is 281 g/mol. The zero-order valence-electron chi connectivity index (χ0n) is 12.7. The molecule has 2 atom stereocenters. The predicted molar refractivity (Wildman–Crippen MR) is 77.4 cm³/mol. The molecule has 2 unspecified atom stereocenters. The first-order chi connectivity index (χ1) is 9.43. The molecule has 0 aromatic rings. The Morgan fingerprint density at radius 2 is 1.60 bits per heavy atom. The molecule has 1 heterocycles. The van der Waals surface area contributed by atoms with E-state index in [1.807, 2.05) is 4.90 Å². The Hall–Kier alpha value is -1.06. The summed E-state index contributed by atoms with van der Waals surface area (Å²) < 4.78 is 0. The summed E-state index contributed by atoms with van der Waals surface area (Å²) in [5.41, 5.74) is -0.278. The van der Waals surface area contributed by atoms with E-state index >= 15 is 0 Å². The number of hydrogen-bond acceptors (Lipinski definition) is 2. The Balaban J connectivity index is 2.06. The fourth-order valence-electron chi connectivity index (χ4n) is 4.19. The highest BCUT2D eigenvalue weighted by Gasteiger charge is 2.40. The summed E-state index contributed by atoms with van der Waals surface area (Å²) in [5.74, 6) is -0.590. The lowest BCUT2D eigenvalue weighted by Gasteiger charge is -2.41. The standard InChI is InChI=1S/C16H27NO3/c1-12-6-5-7-13(2)17(12)14(18)10-16(11-15(19)20)8-3-4-9-16/h12-13H,3-11H2,1-2H3,(H,19,20). The summed E-state index contributed by atoms with van der Waals surface area (Å²) in [6.07, 6.45) is 7.81. The molecule has 2 fully saturated rings. The normalized spacial score (nSPS) is 29.4. The summed E-state index contributed by atoms with van der Waals surface area (Å²) in [7, 11) is 0. The number of carboxylic acid groups (broad SMARTS) is 1. The molecule has 1 saturated carbocycles. The average Bonchev–Trinajstić information content (AvgIpc) is 2.75. The lowest BCUT2D eigenvalue weighted by Crippen LogP contribution is -2.48. The van der Waals surface area contributed by atoms with Gasteiger partial charge in [0.15, 0.2) is 0 Å². The molecule has 0 aromatic carbocycles. The van der Waals surface area contributed by atoms with Crippen LogP contribution in [0.1, 0.15) is 71.6 Å². The van der Waals surface area contributed by atoms with Gasteiger partial charge < -0.3 is 10.0 Å². The fourth-order valence-corrected chi connectivity index (χ4v) is 4.19. The zero-order valence-corrected chi connectivity index (χ0v) is 12.7. The van der Waals surface area contributed by atoms with Gasteiger partial charge in [0.1, 0.15) is 0 Å². The van der Waals surface area contributed by atoms with E-state index in [1.54, 1.807) is 0 Å². The van der Waals surface area contributed by atoms with Gasteiger partial charge in [-0.05, 0) is 51.4 Å². The van der Waals surface area contributed by atoms with Gasteiger partial charge in [-0.2, -0.15) is 0 Å². The molecule has 0 aromatic heterocycles. The highest BCUT2D eigenvalue weighted by atomic mass is 16.4. The van der Waals surface area contributed by atoms with Crippen LogP contribution in [0.15, 0.2) is 0 Å². The van der Waals surface area contributed by atoms with Crippen molar-refractivity contribution in [1.82, 2.24) is 4.90 Å². The van der Waals surface area contributed by atoms with Crippen molar-refractivity contribution in [2.45, 2.75) is 83.7 Å². The Morgan fingerprint density at radius 3 is 2.10 bits per heavy atom. The Morgan fingerprint density at radius 1 is 1.05 bits per heavy atom. The highest BCUT2D eigenvalue weighted by molar-refractivity contribution is 5.79. The van der Waals surface area contributed by atoms with Crippen LogP contribution in [0, 0.1) is 5.41 Å². The maximum absolute atomic E-state index is 12.7. The van der Waals surface area contributed by atoms with Crippen molar-refractivity contribution in [1.29, 1.82) is 0 Å². The number of carbonyl (C=O) groups excluding carboxylic acids is 1. The average molecular weight is 281 g/mol. The topological polar surface area (TPSA) is 57.6 Å². The second kappa shape index (κ2) is 6.15. The highest BCUT2D eigenvalue weighted by Crippen LogP contribution is 2.45. The molecular weight excluding hydrogens is 254 g/mol. The van der Waals surface area contributed by atoms with Gasteiger partial charge in [-0.25, -0.2) is 0 Å². The summed E-state index contributed by atoms with van der Waals surface area (Å²) in [6, 6.07) is 0.601. The van der Waals surface area contributed by atoms with Crippen LogP contribution in [0.5, 0.6) is 0 Å². The van der Waals surface area contributed by atoms with Gasteiger partial charge >= 0.3 is 5.97 Å². The van der Waals surface area contributed by atoms with E-state index in [2.05, 4.69) is 13.8 Å². The minimum absolute atomic E-state index is 0.148. The van der Waals surface area contributed by atoms with Crippen LogP contribution in [0.4, 0.5) is 0 Å². The quantitative estimate of drug-likeness (QED) is 0.861. The molecule has 2 rings (SSSR count). The minimum atomic E-state index is -0.764. The number of rotatable bonds is 4. The van der Waals surface area contributed by atoms with Gasteiger partial charge in [-0.1, -0.05) is 12.8 Å². The molecule has 20 heavy (non-hydrogen) atoms. The smallest absolute Gasteiger partial charge is 0.303 e. The van der Waals surface area contributed by atoms with Crippen molar-refractivity contribution >= 4 is 11.9 Å². The summed E-state index contributed by atoms with van der Waals surface area (Å²) in [6.45, 7) is 4.23. The minimum Gasteiger partial charge on any atom is -0.481 e. The number of likely N-dealkylation sites (tertiary alicyclic amines) is 1. The number of nitrogens with zero attached hydrogens (tertiary/aromatic N) is 1. The molecule has 0 bridgehead atoms. The molecule has 4 nitrogen and oxygen atoms in total. The largest absolute Gasteiger partial charge is 0.481 e. The Kier molecular flexibility index (Phi) is 4.71. The molecule has 1 aliphatic heterocycles. The second-order valence-corrected chi connectivity index (χ2v) is 6.88. The van der Waals surface area contributed by atoms with Crippen molar-refractivity contribution in [3.63, 3.8) is 0 Å². The van der Waals surface area contributed by atoms with Crippen molar-refractivity contribution in [2.75, 3.05) is 0 Å². The van der Waals surface area contributed by atoms with Gasteiger partial charge in [0.05, 0.1) is 6.42 Å². The lowest BCUT2D eigenvalue weighted by atomic mass is 9.78. The van der Waals surface area contributed by atoms with Gasteiger partial charge in [0.2, 0.25) is 5.91 Å². The molecular formula is C16H27NO3. The van der Waals surface area contributed by atoms with E-state index in [0.29, 0.717) is 18.5 Å². The third-order valence-electron chi connectivity index (χ3n) is 5.20. The number of aliphatic carboxylic acids is 1. The van der Waals surface area contributed by atoms with Crippen LogP contribution >= 0.6 is 0 Å². The molecule has 2 aliphatic rings. The van der Waals surface area contributed by atoms with Crippen LogP contribution in [-0.2, 0) is 9.59 Å². The second-order valence-electron chi connectivity index (χ2n) is 6.88. The predicted octanol–water partition coefficient (Wildman–Crippen LogP) is 3.20. The summed E-state index contributed by atoms with van der Waals surface area (Å²) >= 11 is 0. The molecule has 0 spiro atoms. The molecule has 1 aliphatic carbocycles. The van der Waals surface area contributed by atoms with E-state index < -0.39 is 5.97 Å². The number of carbonyl (C=O) groups is 2. The third kappa shape index (κ3) is 3.33. The fraction of sp³-hybridized carbons (Fsp3) is 0.875. The van der Waals surface area contributed by atoms with E-state index in [-0.39, 0.29) is 17.7 Å². The van der Waals surface area contributed by atoms with E-state index in [0.717, 1.165) is 38.5 Å². The molecule has 1 saturated heterocycles. The van der Waals surface area contributed by atoms with Crippen molar-refractivity contribution in [3.8, 4) is 0 Å². The first kappa shape index (κ1) is 15.3. The van der Waals surface area contributed by atoms with Gasteiger partial charge in [0, 0.05) is 18.5 Å². The Bertz CT molecular complexity index is 364. The lowest BCUT2D eigenvalue weighted by molar-refractivity contribution is -0.143. The maximum Gasteiger partial charge on any atom is 0.303 e. The number of piperidine rings is 1. The third-order valence-corrected chi connectivity index (χ3v) is 5.20. The van der Waals surface area contributed by atoms with Gasteiger partial charge in [-0.15, -0.1) is 0 Å². The first-order valence-electron chi connectivity index (χ1n) is 7.96. The van der Waals surface area contributed by atoms with Crippen molar-refractivity contribution < 1.29 is 14.7 Å². The SMILES string of the molecule is CC1CCCC(C)N1C(=O)CC1(CC(=O)O)CCCC1. The molecule has 1 N–H and O–H groups in total. The van der Waals surface area contributed by atoms with Crippen molar-refractivity contribution in [3.05, 3.63) is 0 Å². The van der Waals surface area contributed by atoms with Gasteiger partial charge in [-0.3, -0.25) is 9.59 Å². The zero-order chi connectivity index (χ0) is 14.8. The van der Waals surface area contributed by atoms with E-state index in [4.69, 9.17) is 5.11 Å². The number of amides is 1. The molecule has 4 heteroatoms. The first-order valence-corrected chi connectivity index (χ1v) is 7.96. The van der Waals surface area contributed by atoms with Crippen LogP contribution in [0.2, 0.25) is 0 Å². The maximum atomic E-state index is 12.7. The van der Waals surface area contributed by atoms with Gasteiger partial charge in [0.25, 0.3) is 0 Å². The van der Waals surface area contributed by atoms with Crippen LogP contribution in [-0.4, -0.2) is 34.0 Å². The molecule has 1 amide bonds. The summed E-state index contributed by atoms with van der Waals surface area (Å²) in [5, 5.41) is 9.14. The van der Waals surface area contributed by atoms with Crippen molar-refractivity contribution in [2.24, 2.45) is 5.41 Å². The molecule has 114 valence electrons. The van der Waals surface area contributed by atoms with Crippen LogP contribution in [0.25, 0.3) is 0 Å².